The molecular formula is C54H86O23. The number of esters is 1. The van der Waals surface area contributed by atoms with Crippen molar-refractivity contribution in [3.05, 3.63) is 11.6 Å². The Hall–Kier alpha value is -2.08. The molecule has 0 radical (unpaired) electrons. The smallest absolute Gasteiger partial charge is 0.335 e. The van der Waals surface area contributed by atoms with Crippen molar-refractivity contribution < 1.29 is 114 Å². The molecule has 9 rings (SSSR count). The van der Waals surface area contributed by atoms with Gasteiger partial charge in [0.05, 0.1) is 30.8 Å². The Morgan fingerprint density at radius 1 is 0.584 bits per heavy atom. The first-order valence-electron chi connectivity index (χ1n) is 27.7. The number of fused-ring (bicyclic) bond motifs is 7. The molecule has 5 aliphatic carbocycles. The van der Waals surface area contributed by atoms with Crippen molar-refractivity contribution in [1.82, 2.24) is 0 Å². The Kier molecular flexibility index (Phi) is 16.5. The fourth-order valence-corrected chi connectivity index (χ4v) is 16.4. The third kappa shape index (κ3) is 9.66. The molecule has 0 amide bonds. The first kappa shape index (κ1) is 59.5. The van der Waals surface area contributed by atoms with Gasteiger partial charge in [-0.05, 0) is 116 Å². The summed E-state index contributed by atoms with van der Waals surface area (Å²) in [5, 5.41) is 139. The summed E-state index contributed by atoms with van der Waals surface area (Å²) in [4.78, 5) is 27.7. The van der Waals surface area contributed by atoms with Crippen LogP contribution in [0, 0.1) is 50.2 Å². The summed E-state index contributed by atoms with van der Waals surface area (Å²) in [5.41, 5.74) is -1.45. The zero-order valence-corrected chi connectivity index (χ0v) is 45.3. The molecule has 4 saturated heterocycles. The van der Waals surface area contributed by atoms with E-state index in [1.54, 1.807) is 0 Å². The van der Waals surface area contributed by atoms with Crippen LogP contribution in [0.25, 0.3) is 0 Å². The van der Waals surface area contributed by atoms with Crippen LogP contribution >= 0.6 is 0 Å². The number of aliphatic hydroxyl groups excluding tert-OH is 12. The molecule has 4 aliphatic heterocycles. The van der Waals surface area contributed by atoms with E-state index in [-0.39, 0.29) is 39.4 Å². The molecule has 23 heteroatoms. The highest BCUT2D eigenvalue weighted by Gasteiger charge is 2.70. The first-order valence-corrected chi connectivity index (χ1v) is 27.7. The van der Waals surface area contributed by atoms with Crippen LogP contribution < -0.4 is 0 Å². The summed E-state index contributed by atoms with van der Waals surface area (Å²) < 4.78 is 48.5. The minimum absolute atomic E-state index is 0.00107. The molecule has 0 aromatic rings. The quantitative estimate of drug-likeness (QED) is 0.0676. The lowest BCUT2D eigenvalue weighted by Gasteiger charge is -2.71. The lowest BCUT2D eigenvalue weighted by atomic mass is 9.33. The van der Waals surface area contributed by atoms with Gasteiger partial charge in [0.2, 0.25) is 6.29 Å². The summed E-state index contributed by atoms with van der Waals surface area (Å²) in [6, 6.07) is 0. The number of ether oxygens (including phenoxy) is 8. The van der Waals surface area contributed by atoms with Gasteiger partial charge < -0.3 is 104 Å². The number of carbonyl (C=O) groups is 2. The molecule has 23 nitrogen and oxygen atoms in total. The Bertz CT molecular complexity index is 2180. The Balaban J connectivity index is 1.00. The molecule has 8 fully saturated rings. The zero-order chi connectivity index (χ0) is 56.4. The summed E-state index contributed by atoms with van der Waals surface area (Å²) in [6.07, 6.45) is -26.3. The highest BCUT2D eigenvalue weighted by atomic mass is 16.8. The summed E-state index contributed by atoms with van der Waals surface area (Å²) in [6.45, 7) is 15.6. The first-order chi connectivity index (χ1) is 35.9. The second-order valence-electron chi connectivity index (χ2n) is 26.3. The molecule has 0 bridgehead atoms. The van der Waals surface area contributed by atoms with Crippen LogP contribution in [0.15, 0.2) is 11.6 Å². The van der Waals surface area contributed by atoms with Crippen molar-refractivity contribution in [2.75, 3.05) is 13.2 Å². The molecule has 0 aromatic heterocycles. The number of aliphatic hydroxyl groups is 12. The van der Waals surface area contributed by atoms with E-state index >= 15 is 0 Å². The maximum Gasteiger partial charge on any atom is 0.335 e. The molecule has 4 saturated carbocycles. The minimum Gasteiger partial charge on any atom is -0.479 e. The maximum atomic E-state index is 14.8. The summed E-state index contributed by atoms with van der Waals surface area (Å²) >= 11 is 0. The van der Waals surface area contributed by atoms with E-state index in [2.05, 4.69) is 54.5 Å². The largest absolute Gasteiger partial charge is 0.479 e. The fraction of sp³-hybridized carbons (Fsp3) is 0.926. The van der Waals surface area contributed by atoms with Crippen LogP contribution in [-0.2, 0) is 47.5 Å². The molecule has 440 valence electrons. The highest BCUT2D eigenvalue weighted by molar-refractivity contribution is 5.79. The molecule has 9 aliphatic rings. The fourth-order valence-electron chi connectivity index (χ4n) is 16.4. The van der Waals surface area contributed by atoms with Crippen molar-refractivity contribution in [2.45, 2.75) is 249 Å². The Morgan fingerprint density at radius 3 is 1.75 bits per heavy atom. The standard InChI is InChI=1S/C54H86O23/c1-22-30(57)33(60)36(63)44(70-22)76-42-40(74-45-37(64)34(61)31(58)25(20-55)71-45)39(66)41(43(67)68)75-47(42)73-29-12-13-51(6)27(50(29,4)5)11-14-53(8)28(51)10-9-23-24-19-49(2,3)15-17-54(24,18-16-52(23,53)7)48(69)77-46-38(65)35(62)32(59)26(21-56)72-46/h9,22,24-42,44-47,55-66H,10-21H2,1-8H3,(H,67,68)/t22-,24-,25+,26+,27-,28+,29-,30-,31+,32+,33+,34-,35-,36+,37+,38+,39-,40-,41-,42+,44-,45-,46-,47+,51-,52+,53+,54-/m0/s1. The number of rotatable bonds is 11. The molecule has 0 unspecified atom stereocenters. The minimum atomic E-state index is -2.11. The lowest BCUT2D eigenvalue weighted by Crippen LogP contribution is -2.68. The predicted molar refractivity (Wildman–Crippen MR) is 262 cm³/mol. The number of allylic oxidation sites excluding steroid dienone is 2. The monoisotopic (exact) mass is 1100 g/mol. The van der Waals surface area contributed by atoms with Gasteiger partial charge in [0, 0.05) is 0 Å². The van der Waals surface area contributed by atoms with E-state index in [9.17, 15) is 76.0 Å². The topological polar surface area (TPSA) is 371 Å². The van der Waals surface area contributed by atoms with Crippen LogP contribution in [0.2, 0.25) is 0 Å². The van der Waals surface area contributed by atoms with Crippen LogP contribution in [0.5, 0.6) is 0 Å². The van der Waals surface area contributed by atoms with Crippen molar-refractivity contribution in [3.63, 3.8) is 0 Å². The van der Waals surface area contributed by atoms with E-state index in [0.29, 0.717) is 44.9 Å². The molecular weight excluding hydrogens is 1020 g/mol. The van der Waals surface area contributed by atoms with Crippen molar-refractivity contribution in [3.8, 4) is 0 Å². The third-order valence-corrected chi connectivity index (χ3v) is 21.4. The van der Waals surface area contributed by atoms with Gasteiger partial charge in [0.25, 0.3) is 0 Å². The van der Waals surface area contributed by atoms with Gasteiger partial charge >= 0.3 is 11.9 Å². The number of hydrogen-bond acceptors (Lipinski definition) is 22. The zero-order valence-electron chi connectivity index (χ0n) is 45.3. The molecule has 4 heterocycles. The summed E-state index contributed by atoms with van der Waals surface area (Å²) in [7, 11) is 0. The van der Waals surface area contributed by atoms with Crippen LogP contribution in [-0.4, -0.2) is 220 Å². The van der Waals surface area contributed by atoms with E-state index in [4.69, 9.17) is 37.9 Å². The molecule has 13 N–H and O–H groups in total. The normalized spacial score (nSPS) is 53.4. The molecule has 77 heavy (non-hydrogen) atoms. The van der Waals surface area contributed by atoms with Gasteiger partial charge in [-0.1, -0.05) is 60.1 Å². The Morgan fingerprint density at radius 2 is 1.14 bits per heavy atom. The van der Waals surface area contributed by atoms with E-state index < -0.39 is 165 Å². The van der Waals surface area contributed by atoms with E-state index in [0.717, 1.165) is 19.3 Å². The molecule has 0 spiro atoms. The van der Waals surface area contributed by atoms with Gasteiger partial charge in [-0.25, -0.2) is 4.79 Å². The number of carbonyl (C=O) groups excluding carboxylic acids is 1. The Labute approximate surface area is 448 Å². The van der Waals surface area contributed by atoms with Gasteiger partial charge in [-0.2, -0.15) is 0 Å². The average molecular weight is 1100 g/mol. The van der Waals surface area contributed by atoms with E-state index in [1.807, 2.05) is 0 Å². The number of hydrogen-bond donors (Lipinski definition) is 13. The van der Waals surface area contributed by atoms with Crippen molar-refractivity contribution >= 4 is 11.9 Å². The van der Waals surface area contributed by atoms with Gasteiger partial charge in [0.1, 0.15) is 85.5 Å². The van der Waals surface area contributed by atoms with Gasteiger partial charge in [-0.15, -0.1) is 0 Å². The molecule has 0 aromatic carbocycles. The maximum absolute atomic E-state index is 14.8. The van der Waals surface area contributed by atoms with Gasteiger partial charge in [0.15, 0.2) is 25.0 Å². The predicted octanol–water partition coefficient (Wildman–Crippen LogP) is -0.915. The average Bonchev–Trinajstić information content (AvgIpc) is 3.55. The van der Waals surface area contributed by atoms with Crippen molar-refractivity contribution in [2.24, 2.45) is 50.2 Å². The number of carboxylic acids is 1. The number of aliphatic carboxylic acids is 1. The SMILES string of the molecule is C[C@@H]1O[C@@H](O[C@H]2[C@H](O[C@H]3CC[C@]4(C)[C@H]5CC=C6[C@@H]7CC(C)(C)CC[C@]7(C(=O)O[C@@H]7O[C@H](CO)[C@@H](O)[C@H](O)[C@H]7O)CC[C@@]6(C)[C@]5(C)CC[C@H]4C3(C)C)O[C@H](C(=O)O)[C@@H](O)[C@@H]2O[C@@H]2O[C@H](CO)[C@@H](O)[C@H](O)[C@H]2O)[C@H](O)[C@H](O)[C@H]1O. The molecule has 28 atom stereocenters. The van der Waals surface area contributed by atoms with Crippen molar-refractivity contribution in [1.29, 1.82) is 0 Å². The van der Waals surface area contributed by atoms with Crippen LogP contribution in [0.1, 0.15) is 120 Å². The summed E-state index contributed by atoms with van der Waals surface area (Å²) in [5.74, 6) is -2.23. The number of carboxylic acid groups (broad SMARTS) is 1. The van der Waals surface area contributed by atoms with E-state index in [1.165, 1.54) is 12.5 Å². The lowest BCUT2D eigenvalue weighted by molar-refractivity contribution is -0.395. The highest BCUT2D eigenvalue weighted by Crippen LogP contribution is 2.76. The van der Waals surface area contributed by atoms with Crippen LogP contribution in [0.3, 0.4) is 0 Å². The third-order valence-electron chi connectivity index (χ3n) is 21.4. The van der Waals surface area contributed by atoms with Gasteiger partial charge in [-0.3, -0.25) is 4.79 Å². The second kappa shape index (κ2) is 21.3. The second-order valence-corrected chi connectivity index (χ2v) is 26.3. The van der Waals surface area contributed by atoms with Crippen LogP contribution in [0.4, 0.5) is 0 Å².